The van der Waals surface area contributed by atoms with Gasteiger partial charge in [-0.1, -0.05) is 0 Å². The molecule has 15 heavy (non-hydrogen) atoms. The van der Waals surface area contributed by atoms with Crippen LogP contribution in [0, 0.1) is 11.3 Å². The first kappa shape index (κ1) is 10.3. The number of amides is 2. The number of carbonyl (C=O) groups is 1. The normalized spacial score (nSPS) is 30.7. The van der Waals surface area contributed by atoms with Crippen LogP contribution in [-0.4, -0.2) is 41.0 Å². The third-order valence-electron chi connectivity index (χ3n) is 3.42. The minimum atomic E-state index is -0.201. The van der Waals surface area contributed by atoms with Gasteiger partial charge in [0.25, 0.3) is 0 Å². The Hall–Kier alpha value is -1.24. The van der Waals surface area contributed by atoms with Crippen LogP contribution in [0.1, 0.15) is 32.6 Å². The largest absolute Gasteiger partial charge is 0.325 e. The molecule has 82 valence electrons. The molecule has 0 radical (unpaired) electrons. The summed E-state index contributed by atoms with van der Waals surface area (Å²) in [4.78, 5) is 15.8. The quantitative estimate of drug-likeness (QED) is 0.605. The van der Waals surface area contributed by atoms with Crippen LogP contribution in [0.25, 0.3) is 0 Å². The summed E-state index contributed by atoms with van der Waals surface area (Å²) in [6.45, 7) is 3.76. The molecule has 2 amide bonds. The lowest BCUT2D eigenvalue weighted by molar-refractivity contribution is 0.152. The zero-order valence-electron chi connectivity index (χ0n) is 9.15. The van der Waals surface area contributed by atoms with Crippen molar-refractivity contribution in [1.82, 2.24) is 9.80 Å². The van der Waals surface area contributed by atoms with E-state index in [1.54, 1.807) is 4.90 Å². The first-order chi connectivity index (χ1) is 7.24. The van der Waals surface area contributed by atoms with Crippen molar-refractivity contribution in [2.24, 2.45) is 0 Å². The summed E-state index contributed by atoms with van der Waals surface area (Å²) in [7, 11) is 0. The van der Waals surface area contributed by atoms with E-state index in [2.05, 4.69) is 6.07 Å². The summed E-state index contributed by atoms with van der Waals surface area (Å²) >= 11 is 0. The van der Waals surface area contributed by atoms with Crippen molar-refractivity contribution in [3.63, 3.8) is 0 Å². The average Bonchev–Trinajstić information content (AvgIpc) is 2.85. The number of hydrogen-bond donors (Lipinski definition) is 0. The first-order valence-corrected chi connectivity index (χ1v) is 5.71. The van der Waals surface area contributed by atoms with Gasteiger partial charge in [0.1, 0.15) is 6.04 Å². The molecule has 0 aliphatic carbocycles. The van der Waals surface area contributed by atoms with E-state index in [1.165, 1.54) is 0 Å². The Morgan fingerprint density at radius 2 is 2.00 bits per heavy atom. The van der Waals surface area contributed by atoms with E-state index in [9.17, 15) is 4.79 Å². The highest BCUT2D eigenvalue weighted by Crippen LogP contribution is 2.25. The lowest BCUT2D eigenvalue weighted by atomic mass is 10.2. The van der Waals surface area contributed by atoms with Crippen molar-refractivity contribution in [2.75, 3.05) is 13.1 Å². The van der Waals surface area contributed by atoms with E-state index in [0.29, 0.717) is 0 Å². The second-order valence-electron chi connectivity index (χ2n) is 4.46. The molecule has 2 saturated heterocycles. The van der Waals surface area contributed by atoms with E-state index in [0.717, 1.165) is 38.8 Å². The third-order valence-corrected chi connectivity index (χ3v) is 3.42. The lowest BCUT2D eigenvalue weighted by Gasteiger charge is -2.29. The fraction of sp³-hybridized carbons (Fsp3) is 0.818. The zero-order valence-corrected chi connectivity index (χ0v) is 9.15. The first-order valence-electron chi connectivity index (χ1n) is 5.71. The van der Waals surface area contributed by atoms with Gasteiger partial charge in [0.15, 0.2) is 0 Å². The van der Waals surface area contributed by atoms with Crippen molar-refractivity contribution in [1.29, 1.82) is 5.26 Å². The highest BCUT2D eigenvalue weighted by Gasteiger charge is 2.37. The predicted molar refractivity (Wildman–Crippen MR) is 56.1 cm³/mol. The maximum absolute atomic E-state index is 12.1. The number of likely N-dealkylation sites (tertiary alicyclic amines) is 2. The van der Waals surface area contributed by atoms with Crippen LogP contribution in [0.4, 0.5) is 4.79 Å². The third kappa shape index (κ3) is 1.79. The molecule has 0 aromatic rings. The summed E-state index contributed by atoms with van der Waals surface area (Å²) in [5, 5.41) is 8.98. The minimum Gasteiger partial charge on any atom is -0.325 e. The highest BCUT2D eigenvalue weighted by atomic mass is 16.2. The number of nitriles is 1. The fourth-order valence-electron chi connectivity index (χ4n) is 2.50. The van der Waals surface area contributed by atoms with Crippen molar-refractivity contribution in [2.45, 2.75) is 44.7 Å². The molecule has 0 saturated carbocycles. The van der Waals surface area contributed by atoms with E-state index in [4.69, 9.17) is 5.26 Å². The molecule has 2 heterocycles. The van der Waals surface area contributed by atoms with Gasteiger partial charge >= 0.3 is 6.03 Å². The van der Waals surface area contributed by atoms with Gasteiger partial charge in [-0.15, -0.1) is 0 Å². The predicted octanol–water partition coefficient (Wildman–Crippen LogP) is 1.58. The molecule has 0 unspecified atom stereocenters. The van der Waals surface area contributed by atoms with E-state index >= 15 is 0 Å². The lowest BCUT2D eigenvalue weighted by Crippen LogP contribution is -2.46. The van der Waals surface area contributed by atoms with Crippen molar-refractivity contribution in [3.8, 4) is 6.07 Å². The molecule has 2 atom stereocenters. The number of carbonyl (C=O) groups excluding carboxylic acids is 1. The fourth-order valence-corrected chi connectivity index (χ4v) is 2.50. The molecular formula is C11H17N3O. The van der Waals surface area contributed by atoms with Gasteiger partial charge in [0.05, 0.1) is 6.07 Å². The van der Waals surface area contributed by atoms with Gasteiger partial charge < -0.3 is 9.80 Å². The Morgan fingerprint density at radius 1 is 1.33 bits per heavy atom. The number of nitrogens with zero attached hydrogens (tertiary/aromatic N) is 3. The van der Waals surface area contributed by atoms with Crippen molar-refractivity contribution < 1.29 is 4.79 Å². The standard InChI is InChI=1S/C11H17N3O/c1-9-4-5-10(8-12)14(9)11(15)13-6-2-3-7-13/h9-10H,2-7H2,1H3/t9-,10-/m0/s1. The topological polar surface area (TPSA) is 47.3 Å². The van der Waals surface area contributed by atoms with Crippen LogP contribution in [0.2, 0.25) is 0 Å². The Morgan fingerprint density at radius 3 is 2.60 bits per heavy atom. The molecule has 4 heteroatoms. The molecule has 2 rings (SSSR count). The Labute approximate surface area is 90.5 Å². The summed E-state index contributed by atoms with van der Waals surface area (Å²) in [5.74, 6) is 0. The molecule has 0 spiro atoms. The molecule has 0 bridgehead atoms. The number of rotatable bonds is 0. The molecule has 2 aliphatic rings. The van der Waals surface area contributed by atoms with Gasteiger partial charge in [0, 0.05) is 19.1 Å². The molecule has 0 aromatic carbocycles. The van der Waals surface area contributed by atoms with Crippen LogP contribution in [0.15, 0.2) is 0 Å². The zero-order chi connectivity index (χ0) is 10.8. The Balaban J connectivity index is 2.07. The van der Waals surface area contributed by atoms with E-state index in [-0.39, 0.29) is 18.1 Å². The molecular weight excluding hydrogens is 190 g/mol. The smallest absolute Gasteiger partial charge is 0.321 e. The van der Waals surface area contributed by atoms with E-state index < -0.39 is 0 Å². The van der Waals surface area contributed by atoms with Gasteiger partial charge in [-0.2, -0.15) is 5.26 Å². The van der Waals surface area contributed by atoms with Crippen LogP contribution >= 0.6 is 0 Å². The van der Waals surface area contributed by atoms with Crippen LogP contribution in [0.3, 0.4) is 0 Å². The summed E-state index contributed by atoms with van der Waals surface area (Å²) in [5.41, 5.74) is 0. The maximum atomic E-state index is 12.1. The Kier molecular flexibility index (Phi) is 2.81. The summed E-state index contributed by atoms with van der Waals surface area (Å²) < 4.78 is 0. The summed E-state index contributed by atoms with van der Waals surface area (Å²) in [6.07, 6.45) is 3.99. The van der Waals surface area contributed by atoms with Gasteiger partial charge in [-0.25, -0.2) is 4.79 Å². The average molecular weight is 207 g/mol. The molecule has 2 fully saturated rings. The highest BCUT2D eigenvalue weighted by molar-refractivity contribution is 5.76. The van der Waals surface area contributed by atoms with E-state index in [1.807, 2.05) is 11.8 Å². The second kappa shape index (κ2) is 4.09. The molecule has 0 N–H and O–H groups in total. The van der Waals surface area contributed by atoms with Gasteiger partial charge in [-0.3, -0.25) is 0 Å². The monoisotopic (exact) mass is 207 g/mol. The molecule has 2 aliphatic heterocycles. The number of hydrogen-bond acceptors (Lipinski definition) is 2. The summed E-state index contributed by atoms with van der Waals surface area (Å²) in [6, 6.07) is 2.32. The SMILES string of the molecule is C[C@H]1CC[C@@H](C#N)N1C(=O)N1CCCC1. The van der Waals surface area contributed by atoms with Gasteiger partial charge in [-0.05, 0) is 32.6 Å². The van der Waals surface area contributed by atoms with Crippen LogP contribution in [0.5, 0.6) is 0 Å². The van der Waals surface area contributed by atoms with Crippen molar-refractivity contribution in [3.05, 3.63) is 0 Å². The second-order valence-corrected chi connectivity index (χ2v) is 4.46. The van der Waals surface area contributed by atoms with Crippen molar-refractivity contribution >= 4 is 6.03 Å². The van der Waals surface area contributed by atoms with Crippen LogP contribution in [-0.2, 0) is 0 Å². The van der Waals surface area contributed by atoms with Crippen LogP contribution < -0.4 is 0 Å². The Bertz CT molecular complexity index is 291. The molecule has 0 aromatic heterocycles. The minimum absolute atomic E-state index is 0.0732. The maximum Gasteiger partial charge on any atom is 0.321 e. The number of urea groups is 1. The van der Waals surface area contributed by atoms with Gasteiger partial charge in [0.2, 0.25) is 0 Å². The molecule has 4 nitrogen and oxygen atoms in total.